The molecule has 3 amide bonds. The predicted octanol–water partition coefficient (Wildman–Crippen LogP) is 3.41. The Bertz CT molecular complexity index is 1150. The van der Waals surface area contributed by atoms with Gasteiger partial charge in [-0.3, -0.25) is 9.59 Å². The number of nitrogens with one attached hydrogen (secondary N) is 2. The molecule has 0 aromatic heterocycles. The summed E-state index contributed by atoms with van der Waals surface area (Å²) in [6.07, 6.45) is -1.70. The van der Waals surface area contributed by atoms with Gasteiger partial charge in [-0.15, -0.1) is 11.8 Å². The standard InChI is InChI=1S/C30H41N3O6S/c1-20-11-9-10-14-23(20)18-31-27(35)26-30(3,4)40-19-33(26)28(36)25(34)24(17-22-12-7-6-8-13-22)32-29(37)39-16-15-21(2)38-5/h6-14,21,24-26,34H,15-19H2,1-5H3,(H,31,35)(H,32,37)/t21?,24-,25-,26+/m0/s1. The monoisotopic (exact) mass is 571 g/mol. The lowest BCUT2D eigenvalue weighted by Gasteiger charge is -2.33. The lowest BCUT2D eigenvalue weighted by Crippen LogP contribution is -2.58. The molecule has 9 nitrogen and oxygen atoms in total. The number of nitrogens with zero attached hydrogens (tertiary/aromatic N) is 1. The number of methoxy groups -OCH3 is 1. The molecule has 0 spiro atoms. The number of carbonyl (C=O) groups excluding carboxylic acids is 3. The zero-order chi connectivity index (χ0) is 29.3. The molecule has 1 unspecified atom stereocenters. The van der Waals surface area contributed by atoms with Crippen LogP contribution < -0.4 is 10.6 Å². The topological polar surface area (TPSA) is 117 Å². The molecule has 40 heavy (non-hydrogen) atoms. The molecule has 0 bridgehead atoms. The van der Waals surface area contributed by atoms with Gasteiger partial charge in [-0.2, -0.15) is 0 Å². The van der Waals surface area contributed by atoms with Crippen LogP contribution in [0.25, 0.3) is 0 Å². The second kappa shape index (κ2) is 14.5. The van der Waals surface area contributed by atoms with Crippen molar-refractivity contribution >= 4 is 29.7 Å². The summed E-state index contributed by atoms with van der Waals surface area (Å²) in [7, 11) is 1.58. The Balaban J connectivity index is 1.74. The number of thioether (sulfide) groups is 1. The van der Waals surface area contributed by atoms with Crippen molar-refractivity contribution in [2.24, 2.45) is 0 Å². The normalized spacial score (nSPS) is 18.4. The molecule has 10 heteroatoms. The van der Waals surface area contributed by atoms with E-state index in [4.69, 9.17) is 9.47 Å². The summed E-state index contributed by atoms with van der Waals surface area (Å²) in [6, 6.07) is 15.3. The van der Waals surface area contributed by atoms with E-state index < -0.39 is 34.9 Å². The highest BCUT2D eigenvalue weighted by atomic mass is 32.2. The van der Waals surface area contributed by atoms with E-state index in [1.807, 2.05) is 82.3 Å². The third-order valence-electron chi connectivity index (χ3n) is 7.19. The number of aliphatic hydroxyl groups is 1. The van der Waals surface area contributed by atoms with Gasteiger partial charge in [-0.05, 0) is 50.8 Å². The van der Waals surface area contributed by atoms with Gasteiger partial charge in [0.05, 0.1) is 24.6 Å². The first-order valence-corrected chi connectivity index (χ1v) is 14.5. The third kappa shape index (κ3) is 8.46. The molecular formula is C30H41N3O6S. The molecule has 4 atom stereocenters. The number of aliphatic hydroxyl groups excluding tert-OH is 1. The van der Waals surface area contributed by atoms with E-state index in [9.17, 15) is 19.5 Å². The van der Waals surface area contributed by atoms with E-state index in [-0.39, 0.29) is 30.9 Å². The van der Waals surface area contributed by atoms with Crippen molar-refractivity contribution in [3.8, 4) is 0 Å². The molecule has 1 fully saturated rings. The van der Waals surface area contributed by atoms with Crippen molar-refractivity contribution in [2.45, 2.75) is 76.1 Å². The molecule has 2 aromatic carbocycles. The van der Waals surface area contributed by atoms with Gasteiger partial charge in [-0.25, -0.2) is 4.79 Å². The van der Waals surface area contributed by atoms with Gasteiger partial charge in [0.2, 0.25) is 5.91 Å². The molecule has 0 radical (unpaired) electrons. The number of hydrogen-bond donors (Lipinski definition) is 3. The Kier molecular flexibility index (Phi) is 11.4. The quantitative estimate of drug-likeness (QED) is 0.357. The maximum absolute atomic E-state index is 13.7. The first kappa shape index (κ1) is 31.4. The maximum Gasteiger partial charge on any atom is 0.407 e. The van der Waals surface area contributed by atoms with Crippen molar-refractivity contribution in [3.05, 3.63) is 71.3 Å². The highest BCUT2D eigenvalue weighted by molar-refractivity contribution is 8.00. The van der Waals surface area contributed by atoms with Crippen LogP contribution in [0.2, 0.25) is 0 Å². The minimum atomic E-state index is -1.59. The first-order chi connectivity index (χ1) is 19.0. The molecule has 1 aliphatic heterocycles. The lowest BCUT2D eigenvalue weighted by atomic mass is 9.97. The summed E-state index contributed by atoms with van der Waals surface area (Å²) in [5, 5.41) is 16.9. The maximum atomic E-state index is 13.7. The SMILES string of the molecule is COC(C)CCOC(=O)N[C@@H](Cc1ccccc1)[C@H](O)C(=O)N1CSC(C)(C)[C@H]1C(=O)NCc1ccccc1C. The Hall–Kier alpha value is -3.08. The molecule has 1 heterocycles. The number of hydrogen-bond acceptors (Lipinski definition) is 7. The zero-order valence-electron chi connectivity index (χ0n) is 23.9. The number of aryl methyl sites for hydroxylation is 1. The minimum absolute atomic E-state index is 0.0787. The Morgan fingerprint density at radius 3 is 2.48 bits per heavy atom. The fourth-order valence-electron chi connectivity index (χ4n) is 4.58. The van der Waals surface area contributed by atoms with Crippen molar-refractivity contribution in [1.29, 1.82) is 0 Å². The van der Waals surface area contributed by atoms with Gasteiger partial charge in [0, 0.05) is 24.8 Å². The van der Waals surface area contributed by atoms with Crippen molar-refractivity contribution in [1.82, 2.24) is 15.5 Å². The summed E-state index contributed by atoms with van der Waals surface area (Å²) in [4.78, 5) is 41.1. The van der Waals surface area contributed by atoms with E-state index in [1.54, 1.807) is 7.11 Å². The largest absolute Gasteiger partial charge is 0.449 e. The fourth-order valence-corrected chi connectivity index (χ4v) is 5.72. The zero-order valence-corrected chi connectivity index (χ0v) is 24.7. The average molecular weight is 572 g/mol. The third-order valence-corrected chi connectivity index (χ3v) is 8.56. The van der Waals surface area contributed by atoms with Crippen LogP contribution in [-0.4, -0.2) is 76.5 Å². The van der Waals surface area contributed by atoms with Crippen molar-refractivity contribution in [3.63, 3.8) is 0 Å². The predicted molar refractivity (Wildman–Crippen MR) is 156 cm³/mol. The number of benzene rings is 2. The molecule has 218 valence electrons. The van der Waals surface area contributed by atoms with Crippen LogP contribution in [0.3, 0.4) is 0 Å². The van der Waals surface area contributed by atoms with Crippen LogP contribution >= 0.6 is 11.8 Å². The molecule has 1 saturated heterocycles. The van der Waals surface area contributed by atoms with Crippen LogP contribution in [-0.2, 0) is 32.0 Å². The van der Waals surface area contributed by atoms with Crippen LogP contribution in [0.4, 0.5) is 4.79 Å². The Morgan fingerprint density at radius 2 is 1.80 bits per heavy atom. The van der Waals surface area contributed by atoms with Crippen LogP contribution in [0.1, 0.15) is 43.9 Å². The van der Waals surface area contributed by atoms with E-state index in [0.29, 0.717) is 13.0 Å². The average Bonchev–Trinajstić information content (AvgIpc) is 3.26. The van der Waals surface area contributed by atoms with Gasteiger partial charge < -0.3 is 30.1 Å². The molecule has 0 saturated carbocycles. The van der Waals surface area contributed by atoms with E-state index in [0.717, 1.165) is 16.7 Å². The lowest BCUT2D eigenvalue weighted by molar-refractivity contribution is -0.147. The van der Waals surface area contributed by atoms with Crippen LogP contribution in [0.5, 0.6) is 0 Å². The Labute approximate surface area is 241 Å². The Morgan fingerprint density at radius 1 is 1.12 bits per heavy atom. The van der Waals surface area contributed by atoms with Gasteiger partial charge in [0.1, 0.15) is 6.04 Å². The molecule has 3 rings (SSSR count). The van der Waals surface area contributed by atoms with Gasteiger partial charge in [0.15, 0.2) is 6.10 Å². The second-order valence-electron chi connectivity index (χ2n) is 10.6. The van der Waals surface area contributed by atoms with Crippen LogP contribution in [0.15, 0.2) is 54.6 Å². The van der Waals surface area contributed by atoms with Gasteiger partial charge in [0.25, 0.3) is 5.91 Å². The molecule has 2 aromatic rings. The summed E-state index contributed by atoms with van der Waals surface area (Å²) in [5.74, 6) is -0.677. The number of alkyl carbamates (subject to hydrolysis) is 1. The van der Waals surface area contributed by atoms with Gasteiger partial charge in [-0.1, -0.05) is 54.6 Å². The first-order valence-electron chi connectivity index (χ1n) is 13.5. The number of ether oxygens (including phenoxy) is 2. The number of carbonyl (C=O) groups is 3. The highest BCUT2D eigenvalue weighted by Crippen LogP contribution is 2.40. The minimum Gasteiger partial charge on any atom is -0.449 e. The summed E-state index contributed by atoms with van der Waals surface area (Å²) in [6.45, 7) is 8.13. The molecule has 3 N–H and O–H groups in total. The molecular weight excluding hydrogens is 530 g/mol. The smallest absolute Gasteiger partial charge is 0.407 e. The second-order valence-corrected chi connectivity index (χ2v) is 12.2. The van der Waals surface area contributed by atoms with Crippen molar-refractivity contribution < 1.29 is 29.0 Å². The van der Waals surface area contributed by atoms with E-state index in [1.165, 1.54) is 16.7 Å². The molecule has 1 aliphatic rings. The summed E-state index contributed by atoms with van der Waals surface area (Å²) < 4.78 is 9.88. The summed E-state index contributed by atoms with van der Waals surface area (Å²) >= 11 is 1.47. The number of amides is 3. The van der Waals surface area contributed by atoms with Crippen molar-refractivity contribution in [2.75, 3.05) is 19.6 Å². The molecule has 0 aliphatic carbocycles. The fraction of sp³-hybridized carbons (Fsp3) is 0.500. The highest BCUT2D eigenvalue weighted by Gasteiger charge is 2.49. The van der Waals surface area contributed by atoms with E-state index >= 15 is 0 Å². The van der Waals surface area contributed by atoms with Gasteiger partial charge >= 0.3 is 6.09 Å². The number of rotatable bonds is 12. The van der Waals surface area contributed by atoms with Crippen LogP contribution in [0, 0.1) is 6.92 Å². The van der Waals surface area contributed by atoms with E-state index in [2.05, 4.69) is 10.6 Å². The summed E-state index contributed by atoms with van der Waals surface area (Å²) in [5.41, 5.74) is 2.88.